The summed E-state index contributed by atoms with van der Waals surface area (Å²) < 4.78 is 0. The summed E-state index contributed by atoms with van der Waals surface area (Å²) in [6, 6.07) is 12.0. The first kappa shape index (κ1) is 22.5. The first-order chi connectivity index (χ1) is 15.4. The van der Waals surface area contributed by atoms with Crippen molar-refractivity contribution in [1.29, 1.82) is 0 Å². The molecule has 5 rings (SSSR count). The Morgan fingerprint density at radius 2 is 1.58 bits per heavy atom. The monoisotopic (exact) mass is 457 g/mol. The molecule has 0 spiro atoms. The lowest BCUT2D eigenvalue weighted by molar-refractivity contribution is 0.449. The van der Waals surface area contributed by atoms with Gasteiger partial charge in [0.15, 0.2) is 0 Å². The SMILES string of the molecule is Cc1ccc2c(c1)C1C(C3C=CC=CC3C1[Si](C)(C)c1cc(C)cc(C(C)(C)C)c1O)N2C. The molecule has 174 valence electrons. The highest BCUT2D eigenvalue weighted by molar-refractivity contribution is 6.92. The fourth-order valence-corrected chi connectivity index (χ4v) is 11.6. The highest BCUT2D eigenvalue weighted by atomic mass is 28.3. The Morgan fingerprint density at radius 3 is 2.24 bits per heavy atom. The Balaban J connectivity index is 1.72. The van der Waals surface area contributed by atoms with Crippen LogP contribution in [0, 0.1) is 25.7 Å². The Hall–Kier alpha value is -2.26. The van der Waals surface area contributed by atoms with Crippen molar-refractivity contribution in [1.82, 2.24) is 0 Å². The highest BCUT2D eigenvalue weighted by Gasteiger charge is 2.60. The van der Waals surface area contributed by atoms with Gasteiger partial charge < -0.3 is 10.0 Å². The number of phenols is 1. The average molecular weight is 458 g/mol. The molecule has 33 heavy (non-hydrogen) atoms. The van der Waals surface area contributed by atoms with Crippen molar-refractivity contribution in [3.8, 4) is 5.75 Å². The Bertz CT molecular complexity index is 1170. The quantitative estimate of drug-likeness (QED) is 0.516. The average Bonchev–Trinajstić information content (AvgIpc) is 3.22. The van der Waals surface area contributed by atoms with Crippen molar-refractivity contribution in [3.63, 3.8) is 0 Å². The van der Waals surface area contributed by atoms with Crippen molar-refractivity contribution < 1.29 is 5.11 Å². The molecule has 5 unspecified atom stereocenters. The molecule has 1 heterocycles. The zero-order valence-corrected chi connectivity index (χ0v) is 22.5. The molecule has 2 aliphatic carbocycles. The second-order valence-electron chi connectivity index (χ2n) is 12.3. The zero-order valence-electron chi connectivity index (χ0n) is 21.5. The molecule has 2 nitrogen and oxygen atoms in total. The Morgan fingerprint density at radius 1 is 0.909 bits per heavy atom. The molecule has 1 N–H and O–H groups in total. The van der Waals surface area contributed by atoms with Gasteiger partial charge in [0, 0.05) is 30.6 Å². The number of fused-ring (bicyclic) bond motifs is 5. The number of aromatic hydroxyl groups is 1. The third-order valence-electron chi connectivity index (χ3n) is 8.75. The van der Waals surface area contributed by atoms with E-state index in [1.807, 2.05) is 0 Å². The minimum atomic E-state index is -2.10. The molecule has 1 saturated carbocycles. The third kappa shape index (κ3) is 3.26. The van der Waals surface area contributed by atoms with Crippen molar-refractivity contribution in [2.45, 2.75) is 70.6 Å². The van der Waals surface area contributed by atoms with E-state index in [0.717, 1.165) is 5.56 Å². The smallest absolute Gasteiger partial charge is 0.118 e. The summed E-state index contributed by atoms with van der Waals surface area (Å²) in [6.45, 7) is 16.1. The van der Waals surface area contributed by atoms with Gasteiger partial charge in [-0.3, -0.25) is 0 Å². The van der Waals surface area contributed by atoms with Crippen LogP contribution in [0.1, 0.15) is 48.9 Å². The van der Waals surface area contributed by atoms with E-state index in [4.69, 9.17) is 0 Å². The van der Waals surface area contributed by atoms with Gasteiger partial charge in [-0.2, -0.15) is 0 Å². The number of hydrogen-bond donors (Lipinski definition) is 1. The van der Waals surface area contributed by atoms with E-state index in [0.29, 0.717) is 35.1 Å². The van der Waals surface area contributed by atoms with Crippen LogP contribution in [-0.2, 0) is 5.41 Å². The van der Waals surface area contributed by atoms with Gasteiger partial charge >= 0.3 is 0 Å². The maximum atomic E-state index is 11.7. The predicted octanol–water partition coefficient (Wildman–Crippen LogP) is 6.57. The normalized spacial score (nSPS) is 28.1. The van der Waals surface area contributed by atoms with Crippen LogP contribution in [0.15, 0.2) is 54.6 Å². The van der Waals surface area contributed by atoms with E-state index in [1.165, 1.54) is 27.6 Å². The number of allylic oxidation sites excluding steroid dienone is 3. The Kier molecular flexibility index (Phi) is 5.03. The van der Waals surface area contributed by atoms with E-state index in [2.05, 4.69) is 114 Å². The summed E-state index contributed by atoms with van der Waals surface area (Å²) in [7, 11) is 0.189. The number of phenolic OH excluding ortho intramolecular Hbond substituents is 1. The number of aryl methyl sites for hydroxylation is 2. The van der Waals surface area contributed by atoms with Crippen LogP contribution in [-0.4, -0.2) is 26.3 Å². The minimum Gasteiger partial charge on any atom is -0.508 e. The summed E-state index contributed by atoms with van der Waals surface area (Å²) in [4.78, 5) is 2.56. The van der Waals surface area contributed by atoms with Crippen molar-refractivity contribution >= 4 is 18.9 Å². The highest BCUT2D eigenvalue weighted by Crippen LogP contribution is 2.63. The van der Waals surface area contributed by atoms with Crippen molar-refractivity contribution in [3.05, 3.63) is 76.9 Å². The number of nitrogens with zero attached hydrogens (tertiary/aromatic N) is 1. The molecule has 2 aromatic carbocycles. The maximum Gasteiger partial charge on any atom is 0.118 e. The van der Waals surface area contributed by atoms with E-state index >= 15 is 0 Å². The van der Waals surface area contributed by atoms with Crippen molar-refractivity contribution in [2.24, 2.45) is 11.8 Å². The van der Waals surface area contributed by atoms with Crippen LogP contribution in [0.3, 0.4) is 0 Å². The van der Waals surface area contributed by atoms with Gasteiger partial charge in [-0.15, -0.1) is 0 Å². The van der Waals surface area contributed by atoms with Gasteiger partial charge in [0.1, 0.15) is 5.75 Å². The standard InChI is InChI=1S/C30H39NOSi/c1-18-13-14-24-22(15-18)26-27(31(24)6)20-11-9-10-12-21(20)29(26)33(7,8)25-17-19(2)16-23(28(25)32)30(3,4)5/h9-17,20-21,26-27,29,32H,1-8H3. The van der Waals surface area contributed by atoms with Crippen LogP contribution in [0.4, 0.5) is 5.69 Å². The third-order valence-corrected chi connectivity index (χ3v) is 12.9. The molecule has 5 atom stereocenters. The summed E-state index contributed by atoms with van der Waals surface area (Å²) in [6.07, 6.45) is 9.44. The largest absolute Gasteiger partial charge is 0.508 e. The summed E-state index contributed by atoms with van der Waals surface area (Å²) >= 11 is 0. The molecule has 0 aromatic heterocycles. The fourth-order valence-electron chi connectivity index (χ4n) is 7.28. The summed E-state index contributed by atoms with van der Waals surface area (Å²) in [5.74, 6) is 2.08. The van der Waals surface area contributed by atoms with E-state index in [9.17, 15) is 5.11 Å². The molecule has 1 fully saturated rings. The lowest BCUT2D eigenvalue weighted by Crippen LogP contribution is -2.49. The second kappa shape index (κ2) is 7.37. The lowest BCUT2D eigenvalue weighted by Gasteiger charge is -2.39. The van der Waals surface area contributed by atoms with Gasteiger partial charge in [0.2, 0.25) is 0 Å². The molecular weight excluding hydrogens is 418 g/mol. The van der Waals surface area contributed by atoms with Gasteiger partial charge in [0.25, 0.3) is 0 Å². The van der Waals surface area contributed by atoms with Crippen LogP contribution >= 0.6 is 0 Å². The van der Waals surface area contributed by atoms with Crippen LogP contribution in [0.5, 0.6) is 5.75 Å². The fraction of sp³-hybridized carbons (Fsp3) is 0.467. The number of benzene rings is 2. The first-order valence-electron chi connectivity index (χ1n) is 12.5. The molecule has 3 aliphatic rings. The van der Waals surface area contributed by atoms with Crippen LogP contribution in [0.2, 0.25) is 18.6 Å². The van der Waals surface area contributed by atoms with Crippen LogP contribution in [0.25, 0.3) is 0 Å². The summed E-state index contributed by atoms with van der Waals surface area (Å²) in [5, 5.41) is 12.9. The van der Waals surface area contributed by atoms with Gasteiger partial charge in [0.05, 0.1) is 8.07 Å². The molecule has 0 amide bonds. The number of rotatable bonds is 2. The topological polar surface area (TPSA) is 23.5 Å². The van der Waals surface area contributed by atoms with Crippen LogP contribution < -0.4 is 10.1 Å². The molecule has 0 radical (unpaired) electrons. The number of likely N-dealkylation sites (N-methyl/N-ethyl adjacent to an activating group) is 1. The maximum absolute atomic E-state index is 11.7. The number of anilines is 1. The second-order valence-corrected chi connectivity index (χ2v) is 17.0. The summed E-state index contributed by atoms with van der Waals surface area (Å²) in [5.41, 5.74) is 7.06. The minimum absolute atomic E-state index is 0.0825. The number of hydrogen-bond acceptors (Lipinski definition) is 2. The van der Waals surface area contributed by atoms with E-state index in [-0.39, 0.29) is 5.41 Å². The molecule has 3 heteroatoms. The Labute approximate surface area is 201 Å². The lowest BCUT2D eigenvalue weighted by atomic mass is 9.85. The van der Waals surface area contributed by atoms with E-state index < -0.39 is 8.07 Å². The van der Waals surface area contributed by atoms with Gasteiger partial charge in [-0.05, 0) is 53.1 Å². The first-order valence-corrected chi connectivity index (χ1v) is 15.5. The molecule has 0 saturated heterocycles. The molecule has 2 aromatic rings. The molecule has 0 bridgehead atoms. The van der Waals surface area contributed by atoms with Crippen molar-refractivity contribution in [2.75, 3.05) is 11.9 Å². The predicted molar refractivity (Wildman–Crippen MR) is 144 cm³/mol. The zero-order chi connectivity index (χ0) is 23.9. The molecule has 1 aliphatic heterocycles. The molecular formula is C30H39NOSi. The van der Waals surface area contributed by atoms with E-state index in [1.54, 1.807) is 0 Å². The van der Waals surface area contributed by atoms with Gasteiger partial charge in [-0.1, -0.05) is 93.6 Å². The van der Waals surface area contributed by atoms with Gasteiger partial charge in [-0.25, -0.2) is 0 Å².